The number of phenolic OH excluding ortho intramolecular Hbond substituents is 1. The van der Waals surface area contributed by atoms with Crippen molar-refractivity contribution >= 4 is 11.6 Å². The first-order valence-corrected chi connectivity index (χ1v) is 10.5. The summed E-state index contributed by atoms with van der Waals surface area (Å²) in [7, 11) is 0. The summed E-state index contributed by atoms with van der Waals surface area (Å²) in [5.74, 6) is -2.56. The van der Waals surface area contributed by atoms with Crippen molar-refractivity contribution in [3.63, 3.8) is 0 Å². The van der Waals surface area contributed by atoms with E-state index in [1.807, 2.05) is 0 Å². The number of H-pyrrole nitrogens is 1. The van der Waals surface area contributed by atoms with Gasteiger partial charge in [-0.25, -0.2) is 13.9 Å². The lowest BCUT2D eigenvalue weighted by atomic mass is 9.93. The van der Waals surface area contributed by atoms with E-state index in [1.165, 1.54) is 24.3 Å². The molecule has 4 aromatic rings. The Morgan fingerprint density at radius 1 is 1.06 bits per heavy atom. The molecule has 0 bridgehead atoms. The van der Waals surface area contributed by atoms with Gasteiger partial charge in [0, 0.05) is 29.0 Å². The molecular formula is C23H15F5N6O2. The Hall–Kier alpha value is -4.42. The standard InChI is InChI=1S/C23H15F5N6O2/c24-12-2-3-15(16(25)7-12)22(5-6-22)21(36)30-17-8-14(20-31-33-34-32-20)13(9-18(17)35)11-1-4-19(29-10-11)23(26,27)28/h1-4,7-10,35H,5-6H2,(H,30,36)(H,31,32,33,34). The number of rotatable bonds is 5. The van der Waals surface area contributed by atoms with Crippen LogP contribution in [0.3, 0.4) is 0 Å². The molecule has 1 aliphatic carbocycles. The molecule has 5 rings (SSSR count). The third kappa shape index (κ3) is 4.12. The van der Waals surface area contributed by atoms with Crippen molar-refractivity contribution < 1.29 is 31.9 Å². The number of amides is 1. The Balaban J connectivity index is 1.52. The smallest absolute Gasteiger partial charge is 0.433 e. The number of carbonyl (C=O) groups excluding carboxylic acids is 1. The number of nitrogens with zero attached hydrogens (tertiary/aromatic N) is 4. The van der Waals surface area contributed by atoms with Crippen LogP contribution < -0.4 is 5.32 Å². The Kier molecular flexibility index (Phi) is 5.42. The van der Waals surface area contributed by atoms with E-state index in [0.29, 0.717) is 18.9 Å². The zero-order valence-electron chi connectivity index (χ0n) is 18.1. The van der Waals surface area contributed by atoms with Crippen molar-refractivity contribution in [1.29, 1.82) is 0 Å². The van der Waals surface area contributed by atoms with Crippen LogP contribution in [-0.4, -0.2) is 36.6 Å². The maximum Gasteiger partial charge on any atom is 0.433 e. The third-order valence-corrected chi connectivity index (χ3v) is 5.98. The van der Waals surface area contributed by atoms with Gasteiger partial charge in [-0.15, -0.1) is 5.10 Å². The average molecular weight is 502 g/mol. The molecule has 2 aromatic heterocycles. The minimum Gasteiger partial charge on any atom is -0.506 e. The molecular weight excluding hydrogens is 487 g/mol. The largest absolute Gasteiger partial charge is 0.506 e. The Labute approximate surface area is 199 Å². The van der Waals surface area contributed by atoms with Crippen LogP contribution >= 0.6 is 0 Å². The minimum absolute atomic E-state index is 0.0352. The summed E-state index contributed by atoms with van der Waals surface area (Å²) < 4.78 is 66.5. The highest BCUT2D eigenvalue weighted by Crippen LogP contribution is 2.50. The molecule has 2 heterocycles. The zero-order valence-corrected chi connectivity index (χ0v) is 18.1. The number of alkyl halides is 3. The van der Waals surface area contributed by atoms with Gasteiger partial charge in [0.05, 0.1) is 11.1 Å². The van der Waals surface area contributed by atoms with Crippen LogP contribution in [0.2, 0.25) is 0 Å². The van der Waals surface area contributed by atoms with Gasteiger partial charge in [-0.05, 0) is 53.1 Å². The molecule has 0 atom stereocenters. The van der Waals surface area contributed by atoms with Crippen LogP contribution in [0.15, 0.2) is 48.7 Å². The number of benzene rings is 2. The number of aromatic nitrogens is 5. The topological polar surface area (TPSA) is 117 Å². The Morgan fingerprint density at radius 2 is 1.83 bits per heavy atom. The molecule has 1 saturated carbocycles. The highest BCUT2D eigenvalue weighted by atomic mass is 19.4. The number of tetrazole rings is 1. The lowest BCUT2D eigenvalue weighted by Gasteiger charge is -2.18. The first-order chi connectivity index (χ1) is 17.1. The first-order valence-electron chi connectivity index (χ1n) is 10.5. The lowest BCUT2D eigenvalue weighted by Crippen LogP contribution is -2.28. The van der Waals surface area contributed by atoms with Crippen LogP contribution in [0, 0.1) is 11.6 Å². The van der Waals surface area contributed by atoms with Crippen molar-refractivity contribution in [2.75, 3.05) is 5.32 Å². The maximum absolute atomic E-state index is 14.4. The van der Waals surface area contributed by atoms with E-state index in [0.717, 1.165) is 18.3 Å². The van der Waals surface area contributed by atoms with Crippen LogP contribution in [0.1, 0.15) is 24.1 Å². The fourth-order valence-electron chi connectivity index (χ4n) is 3.98. The summed E-state index contributed by atoms with van der Waals surface area (Å²) in [6.07, 6.45) is -3.01. The van der Waals surface area contributed by atoms with E-state index in [2.05, 4.69) is 30.9 Å². The molecule has 8 nitrogen and oxygen atoms in total. The molecule has 1 aliphatic rings. The van der Waals surface area contributed by atoms with Crippen molar-refractivity contribution in [3.8, 4) is 28.3 Å². The molecule has 0 unspecified atom stereocenters. The predicted octanol–water partition coefficient (Wildman–Crippen LogP) is 4.60. The summed E-state index contributed by atoms with van der Waals surface area (Å²) in [5.41, 5.74) is -1.66. The second kappa shape index (κ2) is 8.36. The molecule has 0 spiro atoms. The molecule has 36 heavy (non-hydrogen) atoms. The SMILES string of the molecule is O=C(Nc1cc(-c2nnn[nH]2)c(-c2ccc(C(F)(F)F)nc2)cc1O)C1(c2ccc(F)cc2F)CC1. The molecule has 1 amide bonds. The fourth-order valence-corrected chi connectivity index (χ4v) is 3.98. The van der Waals surface area contributed by atoms with Gasteiger partial charge in [0.2, 0.25) is 5.91 Å². The van der Waals surface area contributed by atoms with Crippen LogP contribution in [0.5, 0.6) is 5.75 Å². The maximum atomic E-state index is 14.4. The second-order valence-corrected chi connectivity index (χ2v) is 8.26. The number of phenols is 1. The predicted molar refractivity (Wildman–Crippen MR) is 115 cm³/mol. The second-order valence-electron chi connectivity index (χ2n) is 8.26. The summed E-state index contributed by atoms with van der Waals surface area (Å²) in [5, 5.41) is 26.5. The third-order valence-electron chi connectivity index (χ3n) is 5.98. The van der Waals surface area contributed by atoms with Crippen molar-refractivity contribution in [2.24, 2.45) is 0 Å². The van der Waals surface area contributed by atoms with Crippen LogP contribution in [0.25, 0.3) is 22.5 Å². The highest BCUT2D eigenvalue weighted by molar-refractivity contribution is 6.03. The first kappa shape index (κ1) is 23.3. The van der Waals surface area contributed by atoms with E-state index < -0.39 is 40.6 Å². The zero-order chi connectivity index (χ0) is 25.7. The van der Waals surface area contributed by atoms with E-state index in [4.69, 9.17) is 0 Å². The summed E-state index contributed by atoms with van der Waals surface area (Å²) >= 11 is 0. The number of carbonyl (C=O) groups is 1. The molecule has 2 aromatic carbocycles. The molecule has 184 valence electrons. The molecule has 0 aliphatic heterocycles. The lowest BCUT2D eigenvalue weighted by molar-refractivity contribution is -0.141. The van der Waals surface area contributed by atoms with Gasteiger partial charge < -0.3 is 10.4 Å². The highest BCUT2D eigenvalue weighted by Gasteiger charge is 2.53. The number of hydrogen-bond donors (Lipinski definition) is 3. The number of nitrogens with one attached hydrogen (secondary N) is 2. The van der Waals surface area contributed by atoms with Crippen molar-refractivity contribution in [3.05, 3.63) is 71.6 Å². The summed E-state index contributed by atoms with van der Waals surface area (Å²) in [6, 6.07) is 7.48. The van der Waals surface area contributed by atoms with E-state index >= 15 is 0 Å². The number of halogens is 5. The summed E-state index contributed by atoms with van der Waals surface area (Å²) in [4.78, 5) is 16.6. The Bertz CT molecular complexity index is 1450. The minimum atomic E-state index is -4.63. The van der Waals surface area contributed by atoms with E-state index in [1.54, 1.807) is 0 Å². The number of pyridine rings is 1. The average Bonchev–Trinajstić information content (AvgIpc) is 3.45. The van der Waals surface area contributed by atoms with E-state index in [9.17, 15) is 31.9 Å². The normalized spacial score (nSPS) is 14.5. The van der Waals surface area contributed by atoms with Gasteiger partial charge in [0.25, 0.3) is 0 Å². The fraction of sp³-hybridized carbons (Fsp3) is 0.174. The van der Waals surface area contributed by atoms with Gasteiger partial charge in [0.15, 0.2) is 5.82 Å². The van der Waals surface area contributed by atoms with Gasteiger partial charge in [-0.3, -0.25) is 9.78 Å². The molecule has 0 saturated heterocycles. The Morgan fingerprint density at radius 3 is 2.42 bits per heavy atom. The van der Waals surface area contributed by atoms with Crippen molar-refractivity contribution in [2.45, 2.75) is 24.4 Å². The molecule has 13 heteroatoms. The van der Waals surface area contributed by atoms with Gasteiger partial charge in [0.1, 0.15) is 23.1 Å². The number of anilines is 1. The number of aromatic amines is 1. The van der Waals surface area contributed by atoms with Crippen molar-refractivity contribution in [1.82, 2.24) is 25.6 Å². The summed E-state index contributed by atoms with van der Waals surface area (Å²) in [6.45, 7) is 0. The monoisotopic (exact) mass is 502 g/mol. The van der Waals surface area contributed by atoms with Gasteiger partial charge in [-0.2, -0.15) is 13.2 Å². The molecule has 0 radical (unpaired) electrons. The van der Waals surface area contributed by atoms with Gasteiger partial charge in [-0.1, -0.05) is 12.1 Å². The van der Waals surface area contributed by atoms with E-state index in [-0.39, 0.29) is 33.8 Å². The molecule has 3 N–H and O–H groups in total. The van der Waals surface area contributed by atoms with Crippen LogP contribution in [0.4, 0.5) is 27.6 Å². The number of hydrogen-bond acceptors (Lipinski definition) is 6. The quantitative estimate of drug-likeness (QED) is 0.271. The van der Waals surface area contributed by atoms with Crippen LogP contribution in [-0.2, 0) is 16.4 Å². The van der Waals surface area contributed by atoms with Gasteiger partial charge >= 0.3 is 6.18 Å². The molecule has 1 fully saturated rings. The number of aromatic hydroxyl groups is 1.